The highest BCUT2D eigenvalue weighted by Gasteiger charge is 2.18. The maximum Gasteiger partial charge on any atom is 0.352 e. The molecule has 0 spiro atoms. The Labute approximate surface area is 236 Å². The Hall–Kier alpha value is -5.23. The number of carbonyl (C=O) groups is 2. The third-order valence-corrected chi connectivity index (χ3v) is 6.64. The number of hydrogen-bond donors (Lipinski definition) is 0. The molecule has 0 aliphatic rings. The average Bonchev–Trinajstić information content (AvgIpc) is 3.01. The van der Waals surface area contributed by atoms with Crippen LogP contribution in [0.1, 0.15) is 33.5 Å². The first-order chi connectivity index (χ1) is 19.9. The summed E-state index contributed by atoms with van der Waals surface area (Å²) in [6, 6.07) is 32.3. The number of para-hydroxylation sites is 1. The molecule has 0 saturated heterocycles. The fourth-order valence-electron chi connectivity index (χ4n) is 4.59. The molecule has 202 valence electrons. The summed E-state index contributed by atoms with van der Waals surface area (Å²) in [5, 5.41) is 1.94. The molecule has 5 aromatic rings. The SMILES string of the molecule is COC(=O)C(CC=C(c1ccc2ccccc2c1)c1ccc(F)cc1F)=Nc1ccccc1C(=O)c1ccccc1. The van der Waals surface area contributed by atoms with Crippen LogP contribution in [0.4, 0.5) is 14.5 Å². The van der Waals surface area contributed by atoms with Crippen LogP contribution in [0.15, 0.2) is 126 Å². The normalized spacial score (nSPS) is 11.9. The number of halogens is 2. The van der Waals surface area contributed by atoms with Gasteiger partial charge in [0.2, 0.25) is 0 Å². The summed E-state index contributed by atoms with van der Waals surface area (Å²) in [5.41, 5.74) is 2.43. The molecule has 0 aliphatic heterocycles. The Balaban J connectivity index is 1.60. The molecule has 0 bridgehead atoms. The Kier molecular flexibility index (Phi) is 8.20. The van der Waals surface area contributed by atoms with Gasteiger partial charge in [-0.15, -0.1) is 0 Å². The summed E-state index contributed by atoms with van der Waals surface area (Å²) < 4.78 is 33.8. The molecule has 5 rings (SSSR count). The Bertz CT molecular complexity index is 1810. The summed E-state index contributed by atoms with van der Waals surface area (Å²) in [6.07, 6.45) is 1.62. The molecule has 0 heterocycles. The van der Waals surface area contributed by atoms with Crippen molar-refractivity contribution < 1.29 is 23.1 Å². The second-order valence-electron chi connectivity index (χ2n) is 9.27. The van der Waals surface area contributed by atoms with E-state index in [1.165, 1.54) is 19.2 Å². The number of methoxy groups -OCH3 is 1. The van der Waals surface area contributed by atoms with E-state index >= 15 is 4.39 Å². The van der Waals surface area contributed by atoms with E-state index in [0.717, 1.165) is 16.8 Å². The molecule has 0 saturated carbocycles. The summed E-state index contributed by atoms with van der Waals surface area (Å²) in [5.74, 6) is -2.36. The van der Waals surface area contributed by atoms with E-state index in [9.17, 15) is 14.0 Å². The van der Waals surface area contributed by atoms with E-state index in [4.69, 9.17) is 4.74 Å². The maximum atomic E-state index is 15.1. The molecule has 0 amide bonds. The molecule has 0 unspecified atom stereocenters. The first-order valence-corrected chi connectivity index (χ1v) is 12.9. The topological polar surface area (TPSA) is 55.7 Å². The number of carbonyl (C=O) groups excluding carboxylic acids is 2. The minimum atomic E-state index is -0.736. The Morgan fingerprint density at radius 2 is 1.44 bits per heavy atom. The van der Waals surface area contributed by atoms with Gasteiger partial charge in [-0.3, -0.25) is 4.79 Å². The number of allylic oxidation sites excluding steroid dienone is 1. The van der Waals surface area contributed by atoms with Crippen molar-refractivity contribution in [1.29, 1.82) is 0 Å². The molecule has 0 aromatic heterocycles. The monoisotopic (exact) mass is 545 g/mol. The van der Waals surface area contributed by atoms with Gasteiger partial charge in [-0.05, 0) is 52.2 Å². The van der Waals surface area contributed by atoms with Gasteiger partial charge in [0.05, 0.1) is 12.8 Å². The van der Waals surface area contributed by atoms with Gasteiger partial charge in [-0.2, -0.15) is 0 Å². The van der Waals surface area contributed by atoms with Crippen LogP contribution in [-0.2, 0) is 9.53 Å². The lowest BCUT2D eigenvalue weighted by atomic mass is 9.94. The van der Waals surface area contributed by atoms with E-state index < -0.39 is 17.6 Å². The van der Waals surface area contributed by atoms with Crippen LogP contribution < -0.4 is 0 Å². The van der Waals surface area contributed by atoms with Gasteiger partial charge in [0.1, 0.15) is 17.3 Å². The molecule has 0 radical (unpaired) electrons. The standard InChI is InChI=1S/C35H25F2NO3/c1-41-35(40)33(38-32-14-8-7-13-30(32)34(39)24-10-3-2-4-11-24)20-19-28(29-18-17-27(36)22-31(29)37)26-16-15-23-9-5-6-12-25(23)21-26/h2-19,21-22H,20H2,1H3. The van der Waals surface area contributed by atoms with Gasteiger partial charge in [0, 0.05) is 29.2 Å². The molecule has 5 aromatic carbocycles. The molecule has 0 atom stereocenters. The van der Waals surface area contributed by atoms with Gasteiger partial charge in [0.15, 0.2) is 5.78 Å². The first kappa shape index (κ1) is 27.3. The number of benzene rings is 5. The minimum absolute atomic E-state index is 0.0154. The third kappa shape index (κ3) is 6.17. The third-order valence-electron chi connectivity index (χ3n) is 6.64. The van der Waals surface area contributed by atoms with Crippen molar-refractivity contribution in [2.45, 2.75) is 6.42 Å². The number of ether oxygens (including phenoxy) is 1. The summed E-state index contributed by atoms with van der Waals surface area (Å²) in [7, 11) is 1.24. The van der Waals surface area contributed by atoms with Crippen molar-refractivity contribution in [2.24, 2.45) is 4.99 Å². The van der Waals surface area contributed by atoms with Crippen molar-refractivity contribution in [3.63, 3.8) is 0 Å². The average molecular weight is 546 g/mol. The van der Waals surface area contributed by atoms with Crippen molar-refractivity contribution >= 4 is 39.5 Å². The highest BCUT2D eigenvalue weighted by molar-refractivity contribution is 6.37. The molecule has 0 fully saturated rings. The predicted octanol–water partition coefficient (Wildman–Crippen LogP) is 8.12. The molecular formula is C35H25F2NO3. The van der Waals surface area contributed by atoms with Crippen LogP contribution in [0.5, 0.6) is 0 Å². The van der Waals surface area contributed by atoms with E-state index in [1.54, 1.807) is 54.6 Å². The zero-order valence-corrected chi connectivity index (χ0v) is 22.2. The van der Waals surface area contributed by atoms with E-state index in [1.807, 2.05) is 48.5 Å². The Morgan fingerprint density at radius 1 is 0.732 bits per heavy atom. The summed E-state index contributed by atoms with van der Waals surface area (Å²) >= 11 is 0. The summed E-state index contributed by atoms with van der Waals surface area (Å²) in [6.45, 7) is 0. The van der Waals surface area contributed by atoms with Crippen molar-refractivity contribution in [2.75, 3.05) is 7.11 Å². The van der Waals surface area contributed by atoms with Crippen LogP contribution in [0.3, 0.4) is 0 Å². The van der Waals surface area contributed by atoms with E-state index in [2.05, 4.69) is 4.99 Å². The van der Waals surface area contributed by atoms with Crippen LogP contribution in [0.2, 0.25) is 0 Å². The number of aliphatic imine (C=N–C) groups is 1. The lowest BCUT2D eigenvalue weighted by molar-refractivity contribution is -0.132. The fraction of sp³-hybridized carbons (Fsp3) is 0.0571. The van der Waals surface area contributed by atoms with Gasteiger partial charge in [-0.1, -0.05) is 84.9 Å². The van der Waals surface area contributed by atoms with Gasteiger partial charge in [0.25, 0.3) is 0 Å². The van der Waals surface area contributed by atoms with Crippen LogP contribution in [-0.4, -0.2) is 24.6 Å². The quantitative estimate of drug-likeness (QED) is 0.112. The number of esters is 1. The van der Waals surface area contributed by atoms with E-state index in [0.29, 0.717) is 28.0 Å². The van der Waals surface area contributed by atoms with Crippen molar-refractivity contribution in [3.05, 3.63) is 155 Å². The second-order valence-corrected chi connectivity index (χ2v) is 9.27. The molecule has 4 nitrogen and oxygen atoms in total. The second kappa shape index (κ2) is 12.3. The van der Waals surface area contributed by atoms with Crippen LogP contribution >= 0.6 is 0 Å². The van der Waals surface area contributed by atoms with Gasteiger partial charge >= 0.3 is 5.97 Å². The molecular weight excluding hydrogens is 520 g/mol. The van der Waals surface area contributed by atoms with Crippen molar-refractivity contribution in [3.8, 4) is 0 Å². The molecule has 0 aliphatic carbocycles. The first-order valence-electron chi connectivity index (χ1n) is 12.9. The number of ketones is 1. The van der Waals surface area contributed by atoms with Gasteiger partial charge < -0.3 is 4.74 Å². The fourth-order valence-corrected chi connectivity index (χ4v) is 4.59. The van der Waals surface area contributed by atoms with Crippen molar-refractivity contribution in [1.82, 2.24) is 0 Å². The van der Waals surface area contributed by atoms with E-state index in [-0.39, 0.29) is 23.5 Å². The molecule has 6 heteroatoms. The number of rotatable bonds is 8. The zero-order chi connectivity index (χ0) is 28.8. The summed E-state index contributed by atoms with van der Waals surface area (Å²) in [4.78, 5) is 30.6. The number of hydrogen-bond acceptors (Lipinski definition) is 4. The highest BCUT2D eigenvalue weighted by atomic mass is 19.1. The number of fused-ring (bicyclic) bond motifs is 1. The van der Waals surface area contributed by atoms with Crippen LogP contribution in [0.25, 0.3) is 16.3 Å². The number of nitrogens with zero attached hydrogens (tertiary/aromatic N) is 1. The maximum absolute atomic E-state index is 15.1. The zero-order valence-electron chi connectivity index (χ0n) is 22.2. The van der Waals surface area contributed by atoms with Crippen LogP contribution in [0, 0.1) is 11.6 Å². The minimum Gasteiger partial charge on any atom is -0.465 e. The highest BCUT2D eigenvalue weighted by Crippen LogP contribution is 2.30. The lowest BCUT2D eigenvalue weighted by Crippen LogP contribution is -2.15. The lowest BCUT2D eigenvalue weighted by Gasteiger charge is -2.12. The predicted molar refractivity (Wildman–Crippen MR) is 157 cm³/mol. The molecule has 0 N–H and O–H groups in total. The Morgan fingerprint density at radius 3 is 2.20 bits per heavy atom. The molecule has 41 heavy (non-hydrogen) atoms. The smallest absolute Gasteiger partial charge is 0.352 e. The largest absolute Gasteiger partial charge is 0.465 e. The van der Waals surface area contributed by atoms with Gasteiger partial charge in [-0.25, -0.2) is 18.6 Å².